The Bertz CT molecular complexity index is 513. The van der Waals surface area contributed by atoms with Crippen LogP contribution in [0.25, 0.3) is 0 Å². The molecule has 2 atom stereocenters. The molecule has 1 aliphatic carbocycles. The standard InChI is InChI=1S/C17H23NO2/c1-2-17(16(19)20)9-10-18(12-17)15-8-7-13-5-3-4-6-14(13)11-15/h3-6,15H,2,7-12H2,1H3,(H,19,20). The minimum atomic E-state index is -0.612. The van der Waals surface area contributed by atoms with Gasteiger partial charge in [-0.2, -0.15) is 0 Å². The molecule has 1 saturated heterocycles. The quantitative estimate of drug-likeness (QED) is 0.920. The molecule has 3 nitrogen and oxygen atoms in total. The number of likely N-dealkylation sites (tertiary alicyclic amines) is 1. The number of rotatable bonds is 3. The number of aliphatic carboxylic acids is 1. The van der Waals surface area contributed by atoms with Gasteiger partial charge in [-0.05, 0) is 49.8 Å². The van der Waals surface area contributed by atoms with Crippen LogP contribution in [-0.2, 0) is 17.6 Å². The Morgan fingerprint density at radius 2 is 2.15 bits per heavy atom. The van der Waals surface area contributed by atoms with Crippen LogP contribution >= 0.6 is 0 Å². The second-order valence-corrected chi connectivity index (χ2v) is 6.32. The number of nitrogens with zero attached hydrogens (tertiary/aromatic N) is 1. The Kier molecular flexibility index (Phi) is 3.55. The fraction of sp³-hybridized carbons (Fsp3) is 0.588. The van der Waals surface area contributed by atoms with E-state index in [2.05, 4.69) is 29.2 Å². The molecule has 0 spiro atoms. The van der Waals surface area contributed by atoms with Gasteiger partial charge >= 0.3 is 5.97 Å². The van der Waals surface area contributed by atoms with Crippen LogP contribution < -0.4 is 0 Å². The van der Waals surface area contributed by atoms with E-state index in [9.17, 15) is 9.90 Å². The maximum absolute atomic E-state index is 11.6. The Labute approximate surface area is 120 Å². The summed E-state index contributed by atoms with van der Waals surface area (Å²) in [6, 6.07) is 9.20. The van der Waals surface area contributed by atoms with Gasteiger partial charge in [0.1, 0.15) is 0 Å². The number of carboxylic acids is 1. The molecule has 3 rings (SSSR count). The molecule has 0 aromatic heterocycles. The third-order valence-corrected chi connectivity index (χ3v) is 5.35. The molecule has 3 heteroatoms. The number of carboxylic acid groups (broad SMARTS) is 1. The number of hydrogen-bond acceptors (Lipinski definition) is 2. The molecule has 1 heterocycles. The van der Waals surface area contributed by atoms with E-state index in [0.29, 0.717) is 6.04 Å². The lowest BCUT2D eigenvalue weighted by Crippen LogP contribution is -2.41. The molecule has 2 aliphatic rings. The highest BCUT2D eigenvalue weighted by molar-refractivity contribution is 5.75. The summed E-state index contributed by atoms with van der Waals surface area (Å²) in [4.78, 5) is 14.0. The topological polar surface area (TPSA) is 40.5 Å². The smallest absolute Gasteiger partial charge is 0.310 e. The second kappa shape index (κ2) is 5.21. The van der Waals surface area contributed by atoms with Crippen LogP contribution in [0.1, 0.15) is 37.3 Å². The predicted molar refractivity (Wildman–Crippen MR) is 78.8 cm³/mol. The van der Waals surface area contributed by atoms with Gasteiger partial charge in [0.05, 0.1) is 5.41 Å². The van der Waals surface area contributed by atoms with E-state index in [1.165, 1.54) is 11.1 Å². The molecule has 1 aliphatic heterocycles. The molecule has 1 N–H and O–H groups in total. The molecular formula is C17H23NO2. The summed E-state index contributed by atoms with van der Waals surface area (Å²) in [5, 5.41) is 9.51. The first kappa shape index (κ1) is 13.6. The first-order valence-corrected chi connectivity index (χ1v) is 7.69. The summed E-state index contributed by atoms with van der Waals surface area (Å²) in [5.74, 6) is -0.612. The Balaban J connectivity index is 1.72. The van der Waals surface area contributed by atoms with Gasteiger partial charge in [-0.1, -0.05) is 31.2 Å². The van der Waals surface area contributed by atoms with E-state index in [-0.39, 0.29) is 0 Å². The van der Waals surface area contributed by atoms with Gasteiger partial charge in [-0.3, -0.25) is 9.69 Å². The van der Waals surface area contributed by atoms with Crippen molar-refractivity contribution in [1.29, 1.82) is 0 Å². The number of carbonyl (C=O) groups is 1. The summed E-state index contributed by atoms with van der Waals surface area (Å²) in [7, 11) is 0. The average molecular weight is 273 g/mol. The van der Waals surface area contributed by atoms with Gasteiger partial charge in [0.15, 0.2) is 0 Å². The van der Waals surface area contributed by atoms with Gasteiger partial charge in [0.2, 0.25) is 0 Å². The van der Waals surface area contributed by atoms with Crippen LogP contribution in [0.15, 0.2) is 24.3 Å². The van der Waals surface area contributed by atoms with Crippen molar-refractivity contribution < 1.29 is 9.90 Å². The molecule has 0 amide bonds. The Morgan fingerprint density at radius 1 is 1.40 bits per heavy atom. The zero-order valence-electron chi connectivity index (χ0n) is 12.1. The summed E-state index contributed by atoms with van der Waals surface area (Å²) >= 11 is 0. The van der Waals surface area contributed by atoms with Crippen LogP contribution in [0.3, 0.4) is 0 Å². The summed E-state index contributed by atoms with van der Waals surface area (Å²) in [6.45, 7) is 3.67. The molecule has 20 heavy (non-hydrogen) atoms. The summed E-state index contributed by atoms with van der Waals surface area (Å²) in [6.07, 6.45) is 4.91. The number of benzene rings is 1. The van der Waals surface area contributed by atoms with Crippen molar-refractivity contribution in [2.24, 2.45) is 5.41 Å². The van der Waals surface area contributed by atoms with E-state index in [0.717, 1.165) is 45.2 Å². The molecular weight excluding hydrogens is 250 g/mol. The van der Waals surface area contributed by atoms with Crippen molar-refractivity contribution in [3.8, 4) is 0 Å². The Morgan fingerprint density at radius 3 is 2.80 bits per heavy atom. The fourth-order valence-corrected chi connectivity index (χ4v) is 3.82. The summed E-state index contributed by atoms with van der Waals surface area (Å²) in [5.41, 5.74) is 2.42. The lowest BCUT2D eigenvalue weighted by molar-refractivity contribution is -0.148. The molecule has 1 fully saturated rings. The SMILES string of the molecule is CCC1(C(=O)O)CCN(C2CCc3ccccc3C2)C1. The van der Waals surface area contributed by atoms with Crippen LogP contribution in [0, 0.1) is 5.41 Å². The maximum Gasteiger partial charge on any atom is 0.310 e. The lowest BCUT2D eigenvalue weighted by atomic mass is 9.84. The highest BCUT2D eigenvalue weighted by atomic mass is 16.4. The summed E-state index contributed by atoms with van der Waals surface area (Å²) < 4.78 is 0. The normalized spacial score (nSPS) is 30.1. The molecule has 2 unspecified atom stereocenters. The molecule has 108 valence electrons. The fourth-order valence-electron chi connectivity index (χ4n) is 3.82. The van der Waals surface area contributed by atoms with Gasteiger partial charge in [0, 0.05) is 12.6 Å². The van der Waals surface area contributed by atoms with Crippen molar-refractivity contribution in [2.75, 3.05) is 13.1 Å². The minimum absolute atomic E-state index is 0.503. The zero-order chi connectivity index (χ0) is 14.2. The van der Waals surface area contributed by atoms with Gasteiger partial charge in [0.25, 0.3) is 0 Å². The van der Waals surface area contributed by atoms with Crippen molar-refractivity contribution in [3.05, 3.63) is 35.4 Å². The molecule has 0 saturated carbocycles. The van der Waals surface area contributed by atoms with E-state index in [1.54, 1.807) is 0 Å². The second-order valence-electron chi connectivity index (χ2n) is 6.32. The van der Waals surface area contributed by atoms with E-state index < -0.39 is 11.4 Å². The van der Waals surface area contributed by atoms with Crippen LogP contribution in [-0.4, -0.2) is 35.1 Å². The lowest BCUT2D eigenvalue weighted by Gasteiger charge is -2.33. The van der Waals surface area contributed by atoms with Gasteiger partial charge in [-0.25, -0.2) is 0 Å². The van der Waals surface area contributed by atoms with Crippen molar-refractivity contribution >= 4 is 5.97 Å². The highest BCUT2D eigenvalue weighted by Crippen LogP contribution is 2.37. The molecule has 1 aromatic carbocycles. The maximum atomic E-state index is 11.6. The van der Waals surface area contributed by atoms with Crippen molar-refractivity contribution in [1.82, 2.24) is 4.90 Å². The van der Waals surface area contributed by atoms with E-state index >= 15 is 0 Å². The number of hydrogen-bond donors (Lipinski definition) is 1. The Hall–Kier alpha value is -1.35. The molecule has 0 radical (unpaired) electrons. The van der Waals surface area contributed by atoms with Crippen LogP contribution in [0.4, 0.5) is 0 Å². The largest absolute Gasteiger partial charge is 0.481 e. The van der Waals surface area contributed by atoms with Crippen LogP contribution in [0.2, 0.25) is 0 Å². The van der Waals surface area contributed by atoms with Crippen LogP contribution in [0.5, 0.6) is 0 Å². The van der Waals surface area contributed by atoms with Gasteiger partial charge < -0.3 is 5.11 Å². The monoisotopic (exact) mass is 273 g/mol. The third-order valence-electron chi connectivity index (χ3n) is 5.35. The third kappa shape index (κ3) is 2.24. The van der Waals surface area contributed by atoms with Gasteiger partial charge in [-0.15, -0.1) is 0 Å². The zero-order valence-corrected chi connectivity index (χ0v) is 12.1. The number of fused-ring (bicyclic) bond motifs is 1. The first-order chi connectivity index (χ1) is 9.64. The van der Waals surface area contributed by atoms with E-state index in [1.807, 2.05) is 6.92 Å². The predicted octanol–water partition coefficient (Wildman–Crippen LogP) is 2.73. The highest BCUT2D eigenvalue weighted by Gasteiger charge is 2.45. The number of aryl methyl sites for hydroxylation is 1. The van der Waals surface area contributed by atoms with Crippen molar-refractivity contribution in [3.63, 3.8) is 0 Å². The van der Waals surface area contributed by atoms with E-state index in [4.69, 9.17) is 0 Å². The van der Waals surface area contributed by atoms with Crippen molar-refractivity contribution in [2.45, 2.75) is 45.1 Å². The molecule has 0 bridgehead atoms. The molecule has 1 aromatic rings. The average Bonchev–Trinajstić information content (AvgIpc) is 2.92. The minimum Gasteiger partial charge on any atom is -0.481 e. The first-order valence-electron chi connectivity index (χ1n) is 7.69.